The molecule has 0 aromatic heterocycles. The first-order valence-electron chi connectivity index (χ1n) is 11.5. The smallest absolute Gasteiger partial charge is 0.308 e. The molecular formula is C25H24ClN4O6+. The van der Waals surface area contributed by atoms with E-state index in [-0.39, 0.29) is 18.6 Å². The third-order valence-electron chi connectivity index (χ3n) is 7.32. The van der Waals surface area contributed by atoms with Crippen molar-refractivity contribution in [3.05, 3.63) is 52.5 Å². The van der Waals surface area contributed by atoms with Gasteiger partial charge in [-0.05, 0) is 48.9 Å². The number of anilines is 2. The van der Waals surface area contributed by atoms with E-state index in [0.29, 0.717) is 27.5 Å². The summed E-state index contributed by atoms with van der Waals surface area (Å²) in [6.45, 7) is 3.04. The van der Waals surface area contributed by atoms with Gasteiger partial charge in [-0.15, -0.1) is 0 Å². The molecule has 3 heterocycles. The Morgan fingerprint density at radius 1 is 1.14 bits per heavy atom. The number of carbonyl (C=O) groups excluding carboxylic acids is 5. The summed E-state index contributed by atoms with van der Waals surface area (Å²) in [5.74, 6) is -4.00. The fraction of sp³-hybridized carbons (Fsp3) is 0.320. The van der Waals surface area contributed by atoms with Gasteiger partial charge < -0.3 is 21.1 Å². The quantitative estimate of drug-likeness (QED) is 0.306. The summed E-state index contributed by atoms with van der Waals surface area (Å²) in [6.07, 6.45) is 0.235. The molecule has 4 amide bonds. The zero-order valence-corrected chi connectivity index (χ0v) is 20.3. The van der Waals surface area contributed by atoms with Crippen LogP contribution >= 0.6 is 11.6 Å². The van der Waals surface area contributed by atoms with Crippen LogP contribution in [-0.4, -0.2) is 35.6 Å². The number of imide groups is 1. The number of carbonyl (C=O) groups is 5. The molecule has 4 atom stereocenters. The molecule has 1 spiro atoms. The average molecular weight is 512 g/mol. The minimum absolute atomic E-state index is 0.00708. The Labute approximate surface area is 211 Å². The summed E-state index contributed by atoms with van der Waals surface area (Å²) in [7, 11) is 0. The van der Waals surface area contributed by atoms with E-state index < -0.39 is 53.0 Å². The minimum Gasteiger partial charge on any atom is -0.427 e. The van der Waals surface area contributed by atoms with E-state index in [0.717, 1.165) is 4.90 Å². The number of fused-ring (bicyclic) bond motifs is 4. The van der Waals surface area contributed by atoms with Gasteiger partial charge in [0.25, 0.3) is 5.91 Å². The van der Waals surface area contributed by atoms with E-state index >= 15 is 0 Å². The number of primary amides is 1. The van der Waals surface area contributed by atoms with Crippen molar-refractivity contribution in [3.8, 4) is 5.75 Å². The zero-order chi connectivity index (χ0) is 25.9. The normalized spacial score (nSPS) is 26.2. The topological polar surface area (TPSA) is 152 Å². The second-order valence-electron chi connectivity index (χ2n) is 9.36. The van der Waals surface area contributed by atoms with E-state index in [4.69, 9.17) is 22.1 Å². The maximum Gasteiger partial charge on any atom is 0.308 e. The monoisotopic (exact) mass is 511 g/mol. The van der Waals surface area contributed by atoms with Crippen molar-refractivity contribution in [2.24, 2.45) is 17.6 Å². The predicted octanol–water partition coefficient (Wildman–Crippen LogP) is 0.738. The summed E-state index contributed by atoms with van der Waals surface area (Å²) in [5, 5.41) is 5.09. The second kappa shape index (κ2) is 8.42. The molecular weight excluding hydrogens is 488 g/mol. The molecule has 0 unspecified atom stereocenters. The average Bonchev–Trinajstić information content (AvgIpc) is 3.40. The summed E-state index contributed by atoms with van der Waals surface area (Å²) >= 11 is 6.29. The standard InChI is InChI=1S/C25H23ClN4O6/c1-11-16(26)8-7-15-21(11)28-24(35)25(15)20-19(17(29-25)9-10-18(27)32)22(33)30(23(20)34)13-3-5-14(6-4-13)36-12(2)31/h3-8,17,19-20,29H,9-10H2,1-2H3,(H2,27,32)(H,28,35)/p+1/t17-,19-,20+,25+/m1/s1. The number of ether oxygens (including phenoxy) is 1. The number of esters is 1. The van der Waals surface area contributed by atoms with Crippen LogP contribution in [0, 0.1) is 18.8 Å². The van der Waals surface area contributed by atoms with Crippen molar-refractivity contribution in [1.82, 2.24) is 0 Å². The molecule has 36 heavy (non-hydrogen) atoms. The van der Waals surface area contributed by atoms with E-state index in [1.54, 1.807) is 24.4 Å². The number of nitrogens with one attached hydrogen (secondary N) is 1. The van der Waals surface area contributed by atoms with Crippen molar-refractivity contribution < 1.29 is 34.0 Å². The number of nitrogens with two attached hydrogens (primary N) is 2. The number of nitrogens with zero attached hydrogens (tertiary/aromatic N) is 1. The minimum atomic E-state index is -1.39. The molecule has 5 rings (SSSR count). The molecule has 2 aromatic rings. The molecule has 10 nitrogen and oxygen atoms in total. The van der Waals surface area contributed by atoms with Crippen LogP contribution in [0.5, 0.6) is 5.75 Å². The summed E-state index contributed by atoms with van der Waals surface area (Å²) in [4.78, 5) is 65.1. The van der Waals surface area contributed by atoms with E-state index in [1.807, 2.05) is 0 Å². The molecule has 0 aliphatic carbocycles. The lowest BCUT2D eigenvalue weighted by molar-refractivity contribution is -0.733. The number of quaternary nitrogens is 1. The zero-order valence-electron chi connectivity index (χ0n) is 19.5. The number of halogens is 1. The number of amides is 4. The van der Waals surface area contributed by atoms with Crippen molar-refractivity contribution >= 4 is 52.6 Å². The van der Waals surface area contributed by atoms with E-state index in [2.05, 4.69) is 5.32 Å². The van der Waals surface area contributed by atoms with Gasteiger partial charge in [-0.1, -0.05) is 11.6 Å². The van der Waals surface area contributed by atoms with Crippen LogP contribution in [0.4, 0.5) is 11.4 Å². The molecule has 11 heteroatoms. The maximum atomic E-state index is 13.9. The lowest BCUT2D eigenvalue weighted by Gasteiger charge is -2.26. The van der Waals surface area contributed by atoms with Crippen molar-refractivity contribution in [3.63, 3.8) is 0 Å². The first-order valence-corrected chi connectivity index (χ1v) is 11.9. The molecule has 2 fully saturated rings. The molecule has 0 radical (unpaired) electrons. The largest absolute Gasteiger partial charge is 0.427 e. The molecule has 2 aromatic carbocycles. The lowest BCUT2D eigenvalue weighted by atomic mass is 9.76. The van der Waals surface area contributed by atoms with Crippen LogP contribution in [-0.2, 0) is 29.5 Å². The Morgan fingerprint density at radius 3 is 2.47 bits per heavy atom. The van der Waals surface area contributed by atoms with Crippen LogP contribution in [0.1, 0.15) is 30.9 Å². The third-order valence-corrected chi connectivity index (χ3v) is 7.73. The van der Waals surface area contributed by atoms with Gasteiger partial charge in [0.15, 0.2) is 0 Å². The van der Waals surface area contributed by atoms with Gasteiger partial charge in [0.05, 0.1) is 11.4 Å². The summed E-state index contributed by atoms with van der Waals surface area (Å²) in [5.41, 5.74) is 6.06. The Hall–Kier alpha value is -3.76. The van der Waals surface area contributed by atoms with Gasteiger partial charge >= 0.3 is 5.97 Å². The first-order chi connectivity index (χ1) is 17.1. The van der Waals surface area contributed by atoms with Crippen molar-refractivity contribution in [2.75, 3.05) is 10.2 Å². The molecule has 3 aliphatic rings. The highest BCUT2D eigenvalue weighted by atomic mass is 35.5. The van der Waals surface area contributed by atoms with Crippen LogP contribution in [0.15, 0.2) is 36.4 Å². The van der Waals surface area contributed by atoms with Gasteiger partial charge in [0, 0.05) is 30.4 Å². The van der Waals surface area contributed by atoms with E-state index in [1.165, 1.54) is 31.2 Å². The highest BCUT2D eigenvalue weighted by Crippen LogP contribution is 2.51. The Bertz CT molecular complexity index is 1340. The molecule has 2 saturated heterocycles. The molecule has 3 aliphatic heterocycles. The summed E-state index contributed by atoms with van der Waals surface area (Å²) in [6, 6.07) is 8.84. The Kier molecular flexibility index (Phi) is 5.60. The highest BCUT2D eigenvalue weighted by molar-refractivity contribution is 6.32. The van der Waals surface area contributed by atoms with Crippen molar-refractivity contribution in [2.45, 2.75) is 38.3 Å². The lowest BCUT2D eigenvalue weighted by Crippen LogP contribution is -2.99. The van der Waals surface area contributed by atoms with Crippen LogP contribution in [0.2, 0.25) is 5.02 Å². The molecule has 0 bridgehead atoms. The summed E-state index contributed by atoms with van der Waals surface area (Å²) < 4.78 is 5.04. The van der Waals surface area contributed by atoms with Gasteiger partial charge in [0.2, 0.25) is 23.3 Å². The van der Waals surface area contributed by atoms with Crippen LogP contribution in [0.25, 0.3) is 0 Å². The maximum absolute atomic E-state index is 13.9. The second-order valence-corrected chi connectivity index (χ2v) is 9.76. The fourth-order valence-corrected chi connectivity index (χ4v) is 5.96. The van der Waals surface area contributed by atoms with Gasteiger partial charge in [-0.2, -0.15) is 0 Å². The fourth-order valence-electron chi connectivity index (χ4n) is 5.81. The molecule has 0 saturated carbocycles. The first kappa shape index (κ1) is 24.0. The van der Waals surface area contributed by atoms with Crippen molar-refractivity contribution in [1.29, 1.82) is 0 Å². The number of benzene rings is 2. The molecule has 186 valence electrons. The Balaban J connectivity index is 1.60. The van der Waals surface area contributed by atoms with Crippen LogP contribution in [0.3, 0.4) is 0 Å². The Morgan fingerprint density at radius 2 is 1.83 bits per heavy atom. The number of hydrogen-bond donors (Lipinski definition) is 3. The SMILES string of the molecule is CC(=O)Oc1ccc(N2C(=O)[C@H]3[C@@H](C2=O)[C@]2([NH2+][C@@H]3CCC(N)=O)C(=O)Nc3c2ccc(Cl)c3C)cc1. The van der Waals surface area contributed by atoms with Gasteiger partial charge in [-0.3, -0.25) is 24.0 Å². The van der Waals surface area contributed by atoms with Gasteiger partial charge in [-0.25, -0.2) is 4.90 Å². The third kappa shape index (κ3) is 3.40. The highest BCUT2D eigenvalue weighted by Gasteiger charge is 2.74. The predicted molar refractivity (Wildman–Crippen MR) is 128 cm³/mol. The van der Waals surface area contributed by atoms with Crippen LogP contribution < -0.4 is 26.0 Å². The number of hydrogen-bond acceptors (Lipinski definition) is 6. The number of rotatable bonds is 5. The van der Waals surface area contributed by atoms with Gasteiger partial charge in [0.1, 0.15) is 23.6 Å². The van der Waals surface area contributed by atoms with E-state index in [9.17, 15) is 24.0 Å². The molecule has 5 N–H and O–H groups in total.